The Labute approximate surface area is 160 Å². The van der Waals surface area contributed by atoms with Crippen molar-refractivity contribution >= 4 is 17.9 Å². The normalized spacial score (nSPS) is 11.9. The second-order valence-corrected chi connectivity index (χ2v) is 6.46. The number of amides is 2. The van der Waals surface area contributed by atoms with Crippen LogP contribution < -0.4 is 10.1 Å². The van der Waals surface area contributed by atoms with Crippen LogP contribution >= 0.6 is 0 Å². The summed E-state index contributed by atoms with van der Waals surface area (Å²) in [4.78, 5) is 26.2. The summed E-state index contributed by atoms with van der Waals surface area (Å²) in [6.07, 6.45) is 3.12. The van der Waals surface area contributed by atoms with E-state index in [1.165, 1.54) is 6.08 Å². The number of methoxy groups -OCH3 is 1. The molecule has 0 saturated heterocycles. The summed E-state index contributed by atoms with van der Waals surface area (Å²) in [5, 5.41) is 2.71. The van der Waals surface area contributed by atoms with Gasteiger partial charge in [0.15, 0.2) is 0 Å². The Balaban J connectivity index is 1.89. The lowest BCUT2D eigenvalue weighted by Gasteiger charge is -2.22. The molecule has 1 N–H and O–H groups in total. The molecule has 0 fully saturated rings. The van der Waals surface area contributed by atoms with E-state index in [0.29, 0.717) is 6.54 Å². The van der Waals surface area contributed by atoms with E-state index in [1.807, 2.05) is 55.5 Å². The molecule has 5 heteroatoms. The summed E-state index contributed by atoms with van der Waals surface area (Å²) < 4.78 is 5.10. The molecule has 2 aromatic carbocycles. The number of nitrogens with zero attached hydrogens (tertiary/aromatic N) is 1. The molecule has 0 aliphatic heterocycles. The van der Waals surface area contributed by atoms with Gasteiger partial charge in [0, 0.05) is 19.7 Å². The van der Waals surface area contributed by atoms with Crippen molar-refractivity contribution in [3.8, 4) is 5.75 Å². The molecule has 1 atom stereocenters. The van der Waals surface area contributed by atoms with Crippen LogP contribution in [0.15, 0.2) is 54.6 Å². The molecule has 0 aliphatic rings. The van der Waals surface area contributed by atoms with Crippen molar-refractivity contribution in [1.29, 1.82) is 0 Å². The molecular weight excluding hydrogens is 340 g/mol. The first-order valence-corrected chi connectivity index (χ1v) is 8.83. The lowest BCUT2D eigenvalue weighted by atomic mass is 10.1. The second-order valence-electron chi connectivity index (χ2n) is 6.46. The monoisotopic (exact) mass is 366 g/mol. The first kappa shape index (κ1) is 20.2. The largest absolute Gasteiger partial charge is 0.497 e. The van der Waals surface area contributed by atoms with E-state index in [1.54, 1.807) is 32.1 Å². The van der Waals surface area contributed by atoms with E-state index in [4.69, 9.17) is 4.74 Å². The third-order valence-corrected chi connectivity index (χ3v) is 4.32. The van der Waals surface area contributed by atoms with E-state index in [0.717, 1.165) is 22.4 Å². The van der Waals surface area contributed by atoms with E-state index >= 15 is 0 Å². The number of benzene rings is 2. The number of likely N-dealkylation sites (N-methyl/N-ethyl adjacent to an activating group) is 1. The van der Waals surface area contributed by atoms with E-state index < -0.39 is 6.04 Å². The average Bonchev–Trinajstić information content (AvgIpc) is 2.67. The second kappa shape index (κ2) is 9.57. The van der Waals surface area contributed by atoms with Crippen molar-refractivity contribution in [3.05, 3.63) is 71.3 Å². The fourth-order valence-corrected chi connectivity index (χ4v) is 2.66. The third kappa shape index (κ3) is 5.99. The molecule has 27 heavy (non-hydrogen) atoms. The minimum atomic E-state index is -0.605. The zero-order valence-corrected chi connectivity index (χ0v) is 16.2. The molecule has 5 nitrogen and oxygen atoms in total. The minimum absolute atomic E-state index is 0.135. The predicted molar refractivity (Wildman–Crippen MR) is 107 cm³/mol. The Morgan fingerprint density at radius 3 is 2.44 bits per heavy atom. The zero-order chi connectivity index (χ0) is 19.8. The van der Waals surface area contributed by atoms with Gasteiger partial charge < -0.3 is 15.0 Å². The molecule has 2 rings (SSSR count). The molecule has 0 bridgehead atoms. The van der Waals surface area contributed by atoms with Gasteiger partial charge in [0.05, 0.1) is 7.11 Å². The number of aryl methyl sites for hydroxylation is 1. The minimum Gasteiger partial charge on any atom is -0.497 e. The maximum absolute atomic E-state index is 12.5. The van der Waals surface area contributed by atoms with E-state index in [9.17, 15) is 9.59 Å². The Hall–Kier alpha value is -3.08. The van der Waals surface area contributed by atoms with Crippen molar-refractivity contribution in [2.45, 2.75) is 26.4 Å². The first-order chi connectivity index (χ1) is 12.9. The van der Waals surface area contributed by atoms with Crippen molar-refractivity contribution in [2.75, 3.05) is 14.2 Å². The molecular formula is C22H26N2O3. The number of nitrogens with one attached hydrogen (secondary N) is 1. The zero-order valence-electron chi connectivity index (χ0n) is 16.2. The molecule has 0 aliphatic carbocycles. The lowest BCUT2D eigenvalue weighted by Crippen LogP contribution is -2.44. The number of ether oxygens (including phenoxy) is 1. The Bertz CT molecular complexity index is 813. The van der Waals surface area contributed by atoms with E-state index in [-0.39, 0.29) is 11.8 Å². The molecule has 0 saturated carbocycles. The van der Waals surface area contributed by atoms with Crippen molar-refractivity contribution < 1.29 is 14.3 Å². The van der Waals surface area contributed by atoms with Crippen molar-refractivity contribution in [1.82, 2.24) is 10.2 Å². The van der Waals surface area contributed by atoms with Gasteiger partial charge >= 0.3 is 0 Å². The van der Waals surface area contributed by atoms with Crippen LogP contribution in [0.25, 0.3) is 6.08 Å². The highest BCUT2D eigenvalue weighted by atomic mass is 16.5. The summed E-state index contributed by atoms with van der Waals surface area (Å²) in [5.41, 5.74) is 3.10. The van der Waals surface area contributed by atoms with Crippen molar-refractivity contribution in [2.24, 2.45) is 0 Å². The molecule has 142 valence electrons. The fourth-order valence-electron chi connectivity index (χ4n) is 2.66. The van der Waals surface area contributed by atoms with Crippen LogP contribution in [0.4, 0.5) is 0 Å². The lowest BCUT2D eigenvalue weighted by molar-refractivity contribution is -0.134. The van der Waals surface area contributed by atoms with Gasteiger partial charge in [0.2, 0.25) is 11.8 Å². The SMILES string of the molecule is COc1ccc(/C=C\C(=O)N[C@H](C)C(=O)N(C)Cc2ccccc2C)cc1. The highest BCUT2D eigenvalue weighted by Gasteiger charge is 2.19. The molecule has 0 radical (unpaired) electrons. The molecule has 2 aromatic rings. The Morgan fingerprint density at radius 2 is 1.81 bits per heavy atom. The van der Waals surface area contributed by atoms with Crippen LogP contribution in [0.5, 0.6) is 5.75 Å². The van der Waals surface area contributed by atoms with Gasteiger partial charge in [-0.05, 0) is 48.7 Å². The van der Waals surface area contributed by atoms with E-state index in [2.05, 4.69) is 5.32 Å². The van der Waals surface area contributed by atoms with Gasteiger partial charge in [0.25, 0.3) is 0 Å². The Morgan fingerprint density at radius 1 is 1.15 bits per heavy atom. The van der Waals surface area contributed by atoms with Crippen LogP contribution in [-0.4, -0.2) is 36.9 Å². The quantitative estimate of drug-likeness (QED) is 0.766. The highest BCUT2D eigenvalue weighted by molar-refractivity contribution is 5.95. The topological polar surface area (TPSA) is 58.6 Å². The molecule has 0 spiro atoms. The molecule has 0 heterocycles. The van der Waals surface area contributed by atoms with Gasteiger partial charge in [-0.3, -0.25) is 9.59 Å². The number of carbonyl (C=O) groups excluding carboxylic acids is 2. The number of hydrogen-bond acceptors (Lipinski definition) is 3. The van der Waals surface area contributed by atoms with Gasteiger partial charge in [-0.2, -0.15) is 0 Å². The number of carbonyl (C=O) groups is 2. The summed E-state index contributed by atoms with van der Waals surface area (Å²) in [5.74, 6) is 0.313. The first-order valence-electron chi connectivity index (χ1n) is 8.83. The van der Waals surface area contributed by atoms with Crippen molar-refractivity contribution in [3.63, 3.8) is 0 Å². The van der Waals surface area contributed by atoms with Crippen LogP contribution in [0, 0.1) is 6.92 Å². The van der Waals surface area contributed by atoms with Gasteiger partial charge in [-0.25, -0.2) is 0 Å². The Kier molecular flexibility index (Phi) is 7.17. The summed E-state index contributed by atoms with van der Waals surface area (Å²) in [6.45, 7) is 4.21. The van der Waals surface area contributed by atoms with Crippen LogP contribution in [-0.2, 0) is 16.1 Å². The fraction of sp³-hybridized carbons (Fsp3) is 0.273. The molecule has 2 amide bonds. The average molecular weight is 366 g/mol. The number of rotatable bonds is 7. The molecule has 0 aromatic heterocycles. The predicted octanol–water partition coefficient (Wildman–Crippen LogP) is 3.18. The maximum Gasteiger partial charge on any atom is 0.244 e. The highest BCUT2D eigenvalue weighted by Crippen LogP contribution is 2.12. The van der Waals surface area contributed by atoms with Gasteiger partial charge in [-0.15, -0.1) is 0 Å². The van der Waals surface area contributed by atoms with Gasteiger partial charge in [0.1, 0.15) is 11.8 Å². The van der Waals surface area contributed by atoms with Crippen LogP contribution in [0.1, 0.15) is 23.6 Å². The summed E-state index contributed by atoms with van der Waals surface area (Å²) in [7, 11) is 3.34. The van der Waals surface area contributed by atoms with Gasteiger partial charge in [-0.1, -0.05) is 36.4 Å². The summed E-state index contributed by atoms with van der Waals surface area (Å²) in [6, 6.07) is 14.7. The third-order valence-electron chi connectivity index (χ3n) is 4.32. The maximum atomic E-state index is 12.5. The smallest absolute Gasteiger partial charge is 0.244 e. The standard InChI is InChI=1S/C22H26N2O3/c1-16-7-5-6-8-19(16)15-24(3)22(26)17(2)23-21(25)14-11-18-9-12-20(27-4)13-10-18/h5-14,17H,15H2,1-4H3,(H,23,25)/b14-11-/t17-/m1/s1. The van der Waals surface area contributed by atoms with Crippen LogP contribution in [0.2, 0.25) is 0 Å². The number of hydrogen-bond donors (Lipinski definition) is 1. The van der Waals surface area contributed by atoms with Crippen LogP contribution in [0.3, 0.4) is 0 Å². The molecule has 0 unspecified atom stereocenters. The summed E-state index contributed by atoms with van der Waals surface area (Å²) >= 11 is 0.